The van der Waals surface area contributed by atoms with Crippen LogP contribution < -0.4 is 0 Å². The van der Waals surface area contributed by atoms with Gasteiger partial charge in [0.25, 0.3) is 0 Å². The molecule has 0 unspecified atom stereocenters. The van der Waals surface area contributed by atoms with E-state index < -0.39 is 0 Å². The summed E-state index contributed by atoms with van der Waals surface area (Å²) in [7, 11) is 0. The van der Waals surface area contributed by atoms with Crippen LogP contribution in [0.1, 0.15) is 42.6 Å². The molecule has 94 valence electrons. The fraction of sp³-hybridized carbons (Fsp3) is 0.357. The SMILES string of the molecule is CCCCc1cc2ncncc2c(O)c1C(C)=O. The van der Waals surface area contributed by atoms with Crippen molar-refractivity contribution < 1.29 is 9.90 Å². The summed E-state index contributed by atoms with van der Waals surface area (Å²) in [5, 5.41) is 10.7. The number of nitrogens with zero attached hydrogens (tertiary/aromatic N) is 2. The molecule has 0 amide bonds. The fourth-order valence-electron chi connectivity index (χ4n) is 2.12. The summed E-state index contributed by atoms with van der Waals surface area (Å²) in [5.41, 5.74) is 1.96. The molecule has 1 aromatic heterocycles. The number of hydrogen-bond acceptors (Lipinski definition) is 4. The van der Waals surface area contributed by atoms with Gasteiger partial charge in [0, 0.05) is 6.20 Å². The van der Waals surface area contributed by atoms with Crippen LogP contribution in [-0.2, 0) is 6.42 Å². The van der Waals surface area contributed by atoms with Crippen molar-refractivity contribution in [1.82, 2.24) is 9.97 Å². The summed E-state index contributed by atoms with van der Waals surface area (Å²) >= 11 is 0. The standard InChI is InChI=1S/C14H16N2O2/c1-3-4-5-10-6-12-11(7-15-8-16-12)14(18)13(10)9(2)17/h6-8,18H,3-5H2,1-2H3. The van der Waals surface area contributed by atoms with Crippen LogP contribution in [0.4, 0.5) is 0 Å². The number of rotatable bonds is 4. The number of phenolic OH excluding ortho intramolecular Hbond substituents is 1. The van der Waals surface area contributed by atoms with E-state index in [1.165, 1.54) is 19.4 Å². The number of unbranched alkanes of at least 4 members (excludes halogenated alkanes) is 1. The van der Waals surface area contributed by atoms with Gasteiger partial charge in [-0.1, -0.05) is 13.3 Å². The molecule has 0 radical (unpaired) electrons. The van der Waals surface area contributed by atoms with Crippen molar-refractivity contribution in [2.45, 2.75) is 33.1 Å². The highest BCUT2D eigenvalue weighted by Gasteiger charge is 2.16. The average molecular weight is 244 g/mol. The van der Waals surface area contributed by atoms with Gasteiger partial charge in [-0.05, 0) is 31.4 Å². The van der Waals surface area contributed by atoms with Crippen LogP contribution in [0.2, 0.25) is 0 Å². The van der Waals surface area contributed by atoms with Gasteiger partial charge in [-0.25, -0.2) is 9.97 Å². The number of benzene rings is 1. The molecule has 0 atom stereocenters. The predicted octanol–water partition coefficient (Wildman–Crippen LogP) is 2.88. The van der Waals surface area contributed by atoms with Gasteiger partial charge >= 0.3 is 0 Å². The molecule has 18 heavy (non-hydrogen) atoms. The molecule has 0 bridgehead atoms. The first-order chi connectivity index (χ1) is 8.65. The lowest BCUT2D eigenvalue weighted by atomic mass is 9.96. The number of carbonyl (C=O) groups is 1. The minimum absolute atomic E-state index is 0.00621. The first-order valence-electron chi connectivity index (χ1n) is 6.10. The zero-order valence-corrected chi connectivity index (χ0v) is 10.6. The Morgan fingerprint density at radius 2 is 2.22 bits per heavy atom. The molecular formula is C14H16N2O2. The Kier molecular flexibility index (Phi) is 3.55. The number of ketones is 1. The van der Waals surface area contributed by atoms with Crippen LogP contribution in [0.15, 0.2) is 18.6 Å². The second kappa shape index (κ2) is 5.12. The van der Waals surface area contributed by atoms with Gasteiger partial charge in [-0.3, -0.25) is 4.79 Å². The molecule has 2 rings (SSSR count). The molecule has 2 aromatic rings. The van der Waals surface area contributed by atoms with Crippen LogP contribution in [0.25, 0.3) is 10.9 Å². The van der Waals surface area contributed by atoms with Gasteiger partial charge in [0.15, 0.2) is 5.78 Å². The number of carbonyl (C=O) groups excluding carboxylic acids is 1. The van der Waals surface area contributed by atoms with E-state index in [9.17, 15) is 9.90 Å². The minimum atomic E-state index is -0.121. The van der Waals surface area contributed by atoms with Gasteiger partial charge in [0.05, 0.1) is 16.5 Å². The Hall–Kier alpha value is -1.97. The normalized spacial score (nSPS) is 10.8. The van der Waals surface area contributed by atoms with Crippen molar-refractivity contribution in [3.63, 3.8) is 0 Å². The minimum Gasteiger partial charge on any atom is -0.506 e. The van der Waals surface area contributed by atoms with Gasteiger partial charge in [0.2, 0.25) is 0 Å². The van der Waals surface area contributed by atoms with Crippen molar-refractivity contribution >= 4 is 16.7 Å². The summed E-state index contributed by atoms with van der Waals surface area (Å²) in [4.78, 5) is 19.7. The molecule has 4 heteroatoms. The highest BCUT2D eigenvalue weighted by atomic mass is 16.3. The van der Waals surface area contributed by atoms with E-state index in [0.29, 0.717) is 16.5 Å². The molecule has 0 aliphatic rings. The van der Waals surface area contributed by atoms with E-state index in [4.69, 9.17) is 0 Å². The van der Waals surface area contributed by atoms with E-state index in [1.807, 2.05) is 6.07 Å². The number of fused-ring (bicyclic) bond motifs is 1. The number of aromatic nitrogens is 2. The van der Waals surface area contributed by atoms with Crippen molar-refractivity contribution in [3.05, 3.63) is 29.7 Å². The average Bonchev–Trinajstić information content (AvgIpc) is 2.36. The van der Waals surface area contributed by atoms with E-state index >= 15 is 0 Å². The van der Waals surface area contributed by atoms with Crippen molar-refractivity contribution in [1.29, 1.82) is 0 Å². The van der Waals surface area contributed by atoms with Crippen molar-refractivity contribution in [2.75, 3.05) is 0 Å². The Morgan fingerprint density at radius 1 is 1.44 bits per heavy atom. The predicted molar refractivity (Wildman–Crippen MR) is 69.8 cm³/mol. The summed E-state index contributed by atoms with van der Waals surface area (Å²) < 4.78 is 0. The lowest BCUT2D eigenvalue weighted by Gasteiger charge is -2.11. The summed E-state index contributed by atoms with van der Waals surface area (Å²) in [5.74, 6) is -0.115. The molecule has 1 aromatic carbocycles. The second-order valence-corrected chi connectivity index (χ2v) is 4.37. The molecule has 1 heterocycles. The third-order valence-electron chi connectivity index (χ3n) is 3.02. The van der Waals surface area contributed by atoms with E-state index in [-0.39, 0.29) is 11.5 Å². The highest BCUT2D eigenvalue weighted by Crippen LogP contribution is 2.31. The number of aryl methyl sites for hydroxylation is 1. The molecule has 0 aliphatic heterocycles. The quantitative estimate of drug-likeness (QED) is 0.840. The maximum Gasteiger partial charge on any atom is 0.163 e. The van der Waals surface area contributed by atoms with Crippen LogP contribution in [-0.4, -0.2) is 20.9 Å². The van der Waals surface area contributed by atoms with Gasteiger partial charge in [0.1, 0.15) is 12.1 Å². The first-order valence-corrected chi connectivity index (χ1v) is 6.10. The molecule has 0 spiro atoms. The van der Waals surface area contributed by atoms with Gasteiger partial charge < -0.3 is 5.11 Å². The molecule has 0 saturated carbocycles. The van der Waals surface area contributed by atoms with Crippen molar-refractivity contribution in [3.8, 4) is 5.75 Å². The number of Topliss-reactive ketones (excluding diaryl/α,β-unsaturated/α-hetero) is 1. The van der Waals surface area contributed by atoms with E-state index in [1.54, 1.807) is 0 Å². The zero-order chi connectivity index (χ0) is 13.1. The summed E-state index contributed by atoms with van der Waals surface area (Å²) in [6.07, 6.45) is 5.78. The third kappa shape index (κ3) is 2.18. The van der Waals surface area contributed by atoms with Gasteiger partial charge in [-0.15, -0.1) is 0 Å². The topological polar surface area (TPSA) is 63.1 Å². The monoisotopic (exact) mass is 244 g/mol. The Morgan fingerprint density at radius 3 is 2.89 bits per heavy atom. The van der Waals surface area contributed by atoms with E-state index in [2.05, 4.69) is 16.9 Å². The molecule has 4 nitrogen and oxygen atoms in total. The Labute approximate surface area is 106 Å². The molecule has 0 aliphatic carbocycles. The first kappa shape index (κ1) is 12.5. The zero-order valence-electron chi connectivity index (χ0n) is 10.6. The number of hydrogen-bond donors (Lipinski definition) is 1. The van der Waals surface area contributed by atoms with Crippen LogP contribution in [0.5, 0.6) is 5.75 Å². The summed E-state index contributed by atoms with van der Waals surface area (Å²) in [6.45, 7) is 3.57. The highest BCUT2D eigenvalue weighted by molar-refractivity contribution is 6.04. The fourth-order valence-corrected chi connectivity index (χ4v) is 2.12. The molecule has 1 N–H and O–H groups in total. The smallest absolute Gasteiger partial charge is 0.163 e. The molecule has 0 saturated heterocycles. The summed E-state index contributed by atoms with van der Waals surface area (Å²) in [6, 6.07) is 1.88. The van der Waals surface area contributed by atoms with E-state index in [0.717, 1.165) is 24.8 Å². The van der Waals surface area contributed by atoms with Crippen LogP contribution in [0, 0.1) is 0 Å². The number of aromatic hydroxyl groups is 1. The second-order valence-electron chi connectivity index (χ2n) is 4.37. The maximum absolute atomic E-state index is 11.7. The maximum atomic E-state index is 11.7. The largest absolute Gasteiger partial charge is 0.506 e. The Balaban J connectivity index is 2.67. The molecule has 0 fully saturated rings. The Bertz CT molecular complexity index is 594. The lowest BCUT2D eigenvalue weighted by molar-refractivity contribution is 0.101. The van der Waals surface area contributed by atoms with Crippen LogP contribution in [0.3, 0.4) is 0 Å². The van der Waals surface area contributed by atoms with Gasteiger partial charge in [-0.2, -0.15) is 0 Å². The molecular weight excluding hydrogens is 228 g/mol. The third-order valence-corrected chi connectivity index (χ3v) is 3.02. The number of phenols is 1. The van der Waals surface area contributed by atoms with Crippen LogP contribution >= 0.6 is 0 Å². The lowest BCUT2D eigenvalue weighted by Crippen LogP contribution is -2.02. The van der Waals surface area contributed by atoms with Crippen molar-refractivity contribution in [2.24, 2.45) is 0 Å².